The number of ether oxygens (including phenoxy) is 1. The minimum atomic E-state index is 0.306. The topological polar surface area (TPSA) is 85.1 Å². The van der Waals surface area contributed by atoms with Gasteiger partial charge >= 0.3 is 0 Å². The number of hydrogen-bond donors (Lipinski definition) is 3. The van der Waals surface area contributed by atoms with Gasteiger partial charge in [0, 0.05) is 17.3 Å². The lowest BCUT2D eigenvalue weighted by atomic mass is 10.2. The zero-order valence-electron chi connectivity index (χ0n) is 10.9. The molecule has 0 amide bonds. The Morgan fingerprint density at radius 1 is 1.40 bits per heavy atom. The van der Waals surface area contributed by atoms with Crippen molar-refractivity contribution in [1.82, 2.24) is 9.97 Å². The second kappa shape index (κ2) is 6.25. The van der Waals surface area contributed by atoms with E-state index in [9.17, 15) is 0 Å². The van der Waals surface area contributed by atoms with Gasteiger partial charge in [0.1, 0.15) is 5.75 Å². The van der Waals surface area contributed by atoms with Crippen molar-refractivity contribution in [2.75, 3.05) is 17.9 Å². The molecule has 1 heterocycles. The molecule has 0 aliphatic heterocycles. The molecular weight excluding hydrogens is 346 g/mol. The van der Waals surface area contributed by atoms with Crippen molar-refractivity contribution in [3.8, 4) is 5.75 Å². The van der Waals surface area contributed by atoms with E-state index < -0.39 is 0 Å². The molecule has 1 aromatic carbocycles. The van der Waals surface area contributed by atoms with Gasteiger partial charge in [-0.1, -0.05) is 11.6 Å². The van der Waals surface area contributed by atoms with Crippen molar-refractivity contribution in [1.29, 1.82) is 0 Å². The summed E-state index contributed by atoms with van der Waals surface area (Å²) in [5, 5.41) is 3.79. The zero-order valence-corrected chi connectivity index (χ0v) is 13.2. The number of hydrogen-bond acceptors (Lipinski definition) is 6. The fourth-order valence-corrected chi connectivity index (χ4v) is 2.03. The van der Waals surface area contributed by atoms with E-state index >= 15 is 0 Å². The summed E-state index contributed by atoms with van der Waals surface area (Å²) in [5.41, 5.74) is 4.07. The number of nitrogens with one attached hydrogen (secondary N) is 2. The number of nitrogens with two attached hydrogens (primary N) is 1. The molecule has 0 saturated carbocycles. The summed E-state index contributed by atoms with van der Waals surface area (Å²) in [6.07, 6.45) is 1.60. The number of methoxy groups -OCH3 is 1. The van der Waals surface area contributed by atoms with Crippen LogP contribution >= 0.6 is 27.5 Å². The highest BCUT2D eigenvalue weighted by Gasteiger charge is 2.11. The molecule has 0 saturated heterocycles. The fourth-order valence-electron chi connectivity index (χ4n) is 1.58. The second-order valence-electron chi connectivity index (χ2n) is 3.96. The summed E-state index contributed by atoms with van der Waals surface area (Å²) in [6, 6.07) is 3.63. The van der Waals surface area contributed by atoms with Crippen molar-refractivity contribution in [3.05, 3.63) is 33.4 Å². The Morgan fingerprint density at radius 3 is 2.80 bits per heavy atom. The molecule has 0 aliphatic carbocycles. The van der Waals surface area contributed by atoms with E-state index in [0.29, 0.717) is 27.0 Å². The van der Waals surface area contributed by atoms with Gasteiger partial charge in [-0.05, 0) is 34.5 Å². The fraction of sp³-hybridized carbons (Fsp3) is 0.167. The van der Waals surface area contributed by atoms with Gasteiger partial charge < -0.3 is 10.1 Å². The predicted molar refractivity (Wildman–Crippen MR) is 83.6 cm³/mol. The van der Waals surface area contributed by atoms with E-state index in [0.717, 1.165) is 11.3 Å². The molecule has 2 aromatic rings. The first kappa shape index (κ1) is 14.8. The Balaban J connectivity index is 2.41. The molecule has 8 heteroatoms. The molecular formula is C12H13BrClN5O. The Labute approximate surface area is 129 Å². The molecule has 2 rings (SSSR count). The minimum absolute atomic E-state index is 0.306. The van der Waals surface area contributed by atoms with Crippen LogP contribution in [-0.2, 0) is 0 Å². The van der Waals surface area contributed by atoms with Gasteiger partial charge in [-0.2, -0.15) is 4.98 Å². The van der Waals surface area contributed by atoms with Crippen LogP contribution in [0.3, 0.4) is 0 Å². The average Bonchev–Trinajstić information content (AvgIpc) is 2.44. The van der Waals surface area contributed by atoms with Gasteiger partial charge in [0.05, 0.1) is 17.3 Å². The van der Waals surface area contributed by atoms with Crippen molar-refractivity contribution in [3.63, 3.8) is 0 Å². The van der Waals surface area contributed by atoms with Crippen LogP contribution < -0.4 is 21.3 Å². The third kappa shape index (κ3) is 3.12. The molecule has 4 N–H and O–H groups in total. The minimum Gasteiger partial charge on any atom is -0.495 e. The standard InChI is InChI=1S/C12H13BrClN5O/c1-6-3-9(10(20-2)4-8(6)14)17-11-7(13)5-16-12(18-11)19-15/h3-5H,15H2,1-2H3,(H2,16,17,18,19). The number of nitrogens with zero attached hydrogens (tertiary/aromatic N) is 2. The lowest BCUT2D eigenvalue weighted by molar-refractivity contribution is 0.416. The molecule has 0 aliphatic rings. The van der Waals surface area contributed by atoms with Crippen LogP contribution in [0.2, 0.25) is 5.02 Å². The van der Waals surface area contributed by atoms with Gasteiger partial charge in [0.15, 0.2) is 5.82 Å². The van der Waals surface area contributed by atoms with Crippen LogP contribution in [0, 0.1) is 6.92 Å². The first-order valence-corrected chi connectivity index (χ1v) is 6.82. The van der Waals surface area contributed by atoms with Crippen LogP contribution in [0.4, 0.5) is 17.5 Å². The SMILES string of the molecule is COc1cc(Cl)c(C)cc1Nc1nc(NN)ncc1Br. The molecule has 6 nitrogen and oxygen atoms in total. The monoisotopic (exact) mass is 357 g/mol. The lowest BCUT2D eigenvalue weighted by Gasteiger charge is -2.14. The average molecular weight is 359 g/mol. The molecule has 0 fully saturated rings. The smallest absolute Gasteiger partial charge is 0.239 e. The Morgan fingerprint density at radius 2 is 2.15 bits per heavy atom. The predicted octanol–water partition coefficient (Wildman–Crippen LogP) is 3.24. The van der Waals surface area contributed by atoms with Crippen LogP contribution in [0.1, 0.15) is 5.56 Å². The van der Waals surface area contributed by atoms with Crippen molar-refractivity contribution in [2.24, 2.45) is 5.84 Å². The van der Waals surface area contributed by atoms with E-state index in [1.165, 1.54) is 0 Å². The van der Waals surface area contributed by atoms with Crippen molar-refractivity contribution in [2.45, 2.75) is 6.92 Å². The first-order chi connectivity index (χ1) is 9.55. The van der Waals surface area contributed by atoms with Gasteiger partial charge in [0.2, 0.25) is 5.95 Å². The summed E-state index contributed by atoms with van der Waals surface area (Å²) in [4.78, 5) is 8.21. The molecule has 0 atom stereocenters. The number of anilines is 3. The molecule has 0 spiro atoms. The van der Waals surface area contributed by atoms with Crippen LogP contribution in [-0.4, -0.2) is 17.1 Å². The third-order valence-corrected chi connectivity index (χ3v) is 3.59. The molecule has 0 unspecified atom stereocenters. The van der Waals surface area contributed by atoms with Crippen molar-refractivity contribution >= 4 is 45.0 Å². The highest BCUT2D eigenvalue weighted by Crippen LogP contribution is 2.34. The zero-order chi connectivity index (χ0) is 14.7. The normalized spacial score (nSPS) is 10.2. The molecule has 1 aromatic heterocycles. The number of aromatic nitrogens is 2. The van der Waals surface area contributed by atoms with Crippen LogP contribution in [0.15, 0.2) is 22.8 Å². The quantitative estimate of drug-likeness (QED) is 0.575. The van der Waals surface area contributed by atoms with E-state index in [1.54, 1.807) is 19.4 Å². The van der Waals surface area contributed by atoms with Crippen LogP contribution in [0.5, 0.6) is 5.75 Å². The third-order valence-electron chi connectivity index (χ3n) is 2.61. The van der Waals surface area contributed by atoms with Gasteiger partial charge in [-0.25, -0.2) is 10.8 Å². The van der Waals surface area contributed by atoms with E-state index in [4.69, 9.17) is 22.2 Å². The highest BCUT2D eigenvalue weighted by molar-refractivity contribution is 9.10. The second-order valence-corrected chi connectivity index (χ2v) is 5.22. The van der Waals surface area contributed by atoms with E-state index in [-0.39, 0.29) is 0 Å². The number of rotatable bonds is 4. The Bertz CT molecular complexity index is 637. The van der Waals surface area contributed by atoms with Gasteiger partial charge in [0.25, 0.3) is 0 Å². The lowest BCUT2D eigenvalue weighted by Crippen LogP contribution is -2.11. The van der Waals surface area contributed by atoms with Crippen LogP contribution in [0.25, 0.3) is 0 Å². The Hall–Kier alpha value is -1.57. The summed E-state index contributed by atoms with van der Waals surface area (Å²) in [7, 11) is 1.58. The number of halogens is 2. The molecule has 106 valence electrons. The maximum Gasteiger partial charge on any atom is 0.239 e. The van der Waals surface area contributed by atoms with Gasteiger partial charge in [-0.3, -0.25) is 5.43 Å². The molecule has 0 radical (unpaired) electrons. The maximum absolute atomic E-state index is 6.08. The maximum atomic E-state index is 6.08. The van der Waals surface area contributed by atoms with Gasteiger partial charge in [-0.15, -0.1) is 0 Å². The highest BCUT2D eigenvalue weighted by atomic mass is 79.9. The number of aryl methyl sites for hydroxylation is 1. The summed E-state index contributed by atoms with van der Waals surface area (Å²) in [6.45, 7) is 1.91. The summed E-state index contributed by atoms with van der Waals surface area (Å²) < 4.78 is 6.00. The number of benzene rings is 1. The summed E-state index contributed by atoms with van der Waals surface area (Å²) >= 11 is 9.45. The molecule has 20 heavy (non-hydrogen) atoms. The summed E-state index contributed by atoms with van der Waals surface area (Å²) in [5.74, 6) is 6.79. The largest absolute Gasteiger partial charge is 0.495 e. The first-order valence-electron chi connectivity index (χ1n) is 5.65. The number of hydrazine groups is 1. The van der Waals surface area contributed by atoms with E-state index in [1.807, 2.05) is 13.0 Å². The van der Waals surface area contributed by atoms with E-state index in [2.05, 4.69) is 36.6 Å². The Kier molecular flexibility index (Phi) is 4.64. The van der Waals surface area contributed by atoms with Crippen molar-refractivity contribution < 1.29 is 4.74 Å². The molecule has 0 bridgehead atoms. The number of nitrogen functional groups attached to an aromatic ring is 1.